The molecule has 0 heterocycles. The van der Waals surface area contributed by atoms with E-state index < -0.39 is 0 Å². The predicted octanol–water partition coefficient (Wildman–Crippen LogP) is 1.97. The molecule has 0 N–H and O–H groups in total. The van der Waals surface area contributed by atoms with Crippen LogP contribution >= 0.6 is 0 Å². The Morgan fingerprint density at radius 3 is 2.77 bits per heavy atom. The number of hydrogen-bond donors (Lipinski definition) is 0. The van der Waals surface area contributed by atoms with Crippen molar-refractivity contribution in [1.82, 2.24) is 0 Å². The minimum atomic E-state index is 0.214. The normalized spacial score (nSPS) is 40.2. The van der Waals surface area contributed by atoms with E-state index in [1.807, 2.05) is 0 Å². The number of fused-ring (bicyclic) bond motifs is 1. The molecular formula is C11H16O2. The smallest absolute Gasteiger partial charge is 0.136 e. The Morgan fingerprint density at radius 2 is 2.00 bits per heavy atom. The minimum Gasteiger partial charge on any atom is -0.300 e. The average Bonchev–Trinajstić information content (AvgIpc) is 2.02. The second-order valence-corrected chi connectivity index (χ2v) is 4.57. The summed E-state index contributed by atoms with van der Waals surface area (Å²) in [5.41, 5.74) is 0. The summed E-state index contributed by atoms with van der Waals surface area (Å²) in [6.45, 7) is 2.05. The maximum Gasteiger partial charge on any atom is 0.136 e. The number of rotatable bonds is 0. The van der Waals surface area contributed by atoms with E-state index in [4.69, 9.17) is 0 Å². The molecule has 2 aliphatic rings. The highest BCUT2D eigenvalue weighted by Crippen LogP contribution is 2.40. The van der Waals surface area contributed by atoms with Crippen molar-refractivity contribution in [3.8, 4) is 0 Å². The van der Waals surface area contributed by atoms with Crippen LogP contribution in [-0.4, -0.2) is 11.6 Å². The molecule has 0 amide bonds. The van der Waals surface area contributed by atoms with Gasteiger partial charge in [-0.05, 0) is 24.7 Å². The summed E-state index contributed by atoms with van der Waals surface area (Å²) in [4.78, 5) is 23.0. The van der Waals surface area contributed by atoms with Gasteiger partial charge >= 0.3 is 0 Å². The summed E-state index contributed by atoms with van der Waals surface area (Å²) < 4.78 is 0. The highest BCUT2D eigenvalue weighted by Gasteiger charge is 2.40. The molecule has 2 aliphatic carbocycles. The molecule has 0 aromatic rings. The fourth-order valence-electron chi connectivity index (χ4n) is 3.02. The zero-order valence-corrected chi connectivity index (χ0v) is 8.08. The second-order valence-electron chi connectivity index (χ2n) is 4.57. The molecule has 0 aromatic carbocycles. The zero-order valence-electron chi connectivity index (χ0n) is 8.08. The number of hydrogen-bond acceptors (Lipinski definition) is 2. The molecule has 2 nitrogen and oxygen atoms in total. The third-order valence-corrected chi connectivity index (χ3v) is 3.53. The predicted molar refractivity (Wildman–Crippen MR) is 49.2 cm³/mol. The van der Waals surface area contributed by atoms with Gasteiger partial charge in [0.1, 0.15) is 11.6 Å². The second kappa shape index (κ2) is 3.24. The van der Waals surface area contributed by atoms with E-state index in [1.54, 1.807) is 0 Å². The third-order valence-electron chi connectivity index (χ3n) is 3.53. The molecule has 2 saturated carbocycles. The molecule has 0 aromatic heterocycles. The van der Waals surface area contributed by atoms with Crippen molar-refractivity contribution in [3.05, 3.63) is 0 Å². The van der Waals surface area contributed by atoms with Gasteiger partial charge in [-0.15, -0.1) is 0 Å². The van der Waals surface area contributed by atoms with E-state index in [-0.39, 0.29) is 5.92 Å². The maximum absolute atomic E-state index is 11.6. The van der Waals surface area contributed by atoms with E-state index >= 15 is 0 Å². The number of carbonyl (C=O) groups excluding carboxylic acids is 2. The van der Waals surface area contributed by atoms with Gasteiger partial charge in [0.2, 0.25) is 0 Å². The molecule has 0 aliphatic heterocycles. The van der Waals surface area contributed by atoms with Crippen LogP contribution in [-0.2, 0) is 9.59 Å². The SMILES string of the molecule is C[C@H]1CC(=O)CC2CCCC(=O)C21. The maximum atomic E-state index is 11.6. The first-order valence-electron chi connectivity index (χ1n) is 5.23. The van der Waals surface area contributed by atoms with Crippen LogP contribution in [0.4, 0.5) is 0 Å². The molecular weight excluding hydrogens is 164 g/mol. The van der Waals surface area contributed by atoms with Gasteiger partial charge in [-0.3, -0.25) is 9.59 Å². The van der Waals surface area contributed by atoms with Gasteiger partial charge in [0.25, 0.3) is 0 Å². The Bertz CT molecular complexity index is 244. The fourth-order valence-corrected chi connectivity index (χ4v) is 3.02. The van der Waals surface area contributed by atoms with Gasteiger partial charge in [0.05, 0.1) is 0 Å². The molecule has 13 heavy (non-hydrogen) atoms. The lowest BCUT2D eigenvalue weighted by Gasteiger charge is -2.37. The van der Waals surface area contributed by atoms with Crippen LogP contribution in [0, 0.1) is 17.8 Å². The van der Waals surface area contributed by atoms with Gasteiger partial charge in [0, 0.05) is 25.2 Å². The van der Waals surface area contributed by atoms with Crippen molar-refractivity contribution in [2.45, 2.75) is 39.0 Å². The highest BCUT2D eigenvalue weighted by molar-refractivity contribution is 5.87. The minimum absolute atomic E-state index is 0.214. The molecule has 2 rings (SSSR count). The van der Waals surface area contributed by atoms with Crippen LogP contribution in [0.3, 0.4) is 0 Å². The number of ketones is 2. The molecule has 0 spiro atoms. The van der Waals surface area contributed by atoms with Crippen molar-refractivity contribution in [1.29, 1.82) is 0 Å². The standard InChI is InChI=1S/C11H16O2/c1-7-5-9(12)6-8-3-2-4-10(13)11(7)8/h7-8,11H,2-6H2,1H3/t7-,8?,11?/m0/s1. The first kappa shape index (κ1) is 8.92. The summed E-state index contributed by atoms with van der Waals surface area (Å²) in [5.74, 6) is 1.68. The first-order chi connectivity index (χ1) is 6.18. The Kier molecular flexibility index (Phi) is 2.22. The van der Waals surface area contributed by atoms with Crippen LogP contribution < -0.4 is 0 Å². The summed E-state index contributed by atoms with van der Waals surface area (Å²) in [7, 11) is 0. The van der Waals surface area contributed by atoms with Crippen molar-refractivity contribution in [2.24, 2.45) is 17.8 Å². The summed E-state index contributed by atoms with van der Waals surface area (Å²) in [6.07, 6.45) is 4.14. The van der Waals surface area contributed by atoms with E-state index in [1.165, 1.54) is 0 Å². The molecule has 0 bridgehead atoms. The molecule has 72 valence electrons. The average molecular weight is 180 g/mol. The lowest BCUT2D eigenvalue weighted by Crippen LogP contribution is -2.39. The van der Waals surface area contributed by atoms with Gasteiger partial charge in [-0.25, -0.2) is 0 Å². The lowest BCUT2D eigenvalue weighted by molar-refractivity contribution is -0.135. The van der Waals surface area contributed by atoms with Crippen molar-refractivity contribution in [3.63, 3.8) is 0 Å². The van der Waals surface area contributed by atoms with E-state index in [2.05, 4.69) is 6.92 Å². The third kappa shape index (κ3) is 1.54. The van der Waals surface area contributed by atoms with Crippen LogP contribution in [0.1, 0.15) is 39.0 Å². The van der Waals surface area contributed by atoms with Crippen LogP contribution in [0.15, 0.2) is 0 Å². The molecule has 0 saturated heterocycles. The summed E-state index contributed by atoms with van der Waals surface area (Å²) in [6, 6.07) is 0. The van der Waals surface area contributed by atoms with Gasteiger partial charge in [0.15, 0.2) is 0 Å². The number of Topliss-reactive ketones (excluding diaryl/α,β-unsaturated/α-hetero) is 2. The Balaban J connectivity index is 2.17. The zero-order chi connectivity index (χ0) is 9.42. The first-order valence-corrected chi connectivity index (χ1v) is 5.23. The number of carbonyl (C=O) groups is 2. The van der Waals surface area contributed by atoms with Crippen LogP contribution in [0.2, 0.25) is 0 Å². The quantitative estimate of drug-likeness (QED) is 0.571. The monoisotopic (exact) mass is 180 g/mol. The highest BCUT2D eigenvalue weighted by atomic mass is 16.1. The molecule has 2 fully saturated rings. The molecule has 2 unspecified atom stereocenters. The largest absolute Gasteiger partial charge is 0.300 e. The van der Waals surface area contributed by atoms with Crippen LogP contribution in [0.5, 0.6) is 0 Å². The Hall–Kier alpha value is -0.660. The van der Waals surface area contributed by atoms with Crippen molar-refractivity contribution in [2.75, 3.05) is 0 Å². The van der Waals surface area contributed by atoms with Crippen molar-refractivity contribution >= 4 is 11.6 Å². The van der Waals surface area contributed by atoms with E-state index in [0.717, 1.165) is 19.3 Å². The van der Waals surface area contributed by atoms with Gasteiger partial charge in [-0.1, -0.05) is 6.92 Å². The van der Waals surface area contributed by atoms with Gasteiger partial charge in [-0.2, -0.15) is 0 Å². The molecule has 0 radical (unpaired) electrons. The summed E-state index contributed by atoms with van der Waals surface area (Å²) in [5, 5.41) is 0. The van der Waals surface area contributed by atoms with E-state index in [9.17, 15) is 9.59 Å². The summed E-state index contributed by atoms with van der Waals surface area (Å²) >= 11 is 0. The Morgan fingerprint density at radius 1 is 1.23 bits per heavy atom. The molecule has 3 atom stereocenters. The topological polar surface area (TPSA) is 34.1 Å². The Labute approximate surface area is 78.7 Å². The van der Waals surface area contributed by atoms with Gasteiger partial charge < -0.3 is 0 Å². The fraction of sp³-hybridized carbons (Fsp3) is 0.818. The van der Waals surface area contributed by atoms with E-state index in [0.29, 0.717) is 36.2 Å². The molecule has 2 heteroatoms. The lowest BCUT2D eigenvalue weighted by atomic mass is 9.65. The van der Waals surface area contributed by atoms with Crippen molar-refractivity contribution < 1.29 is 9.59 Å². The van der Waals surface area contributed by atoms with Crippen LogP contribution in [0.25, 0.3) is 0 Å².